The molecule has 5 nitrogen and oxygen atoms in total. The van der Waals surface area contributed by atoms with E-state index in [-0.39, 0.29) is 17.4 Å². The van der Waals surface area contributed by atoms with Crippen molar-refractivity contribution in [1.29, 1.82) is 0 Å². The summed E-state index contributed by atoms with van der Waals surface area (Å²) in [6, 6.07) is 17.0. The molecule has 0 radical (unpaired) electrons. The Morgan fingerprint density at radius 1 is 0.969 bits per heavy atom. The first-order valence-electron chi connectivity index (χ1n) is 11.5. The van der Waals surface area contributed by atoms with Crippen LogP contribution in [0.15, 0.2) is 48.5 Å². The SMILES string of the molecule is CC(C)(C)C(=O)N1CCN(c2ccc(Cl)cc2)[C@H](c2ccc(CN3CCOCC3)cc2)C1. The van der Waals surface area contributed by atoms with E-state index in [1.54, 1.807) is 0 Å². The smallest absolute Gasteiger partial charge is 0.228 e. The third kappa shape index (κ3) is 5.45. The fourth-order valence-electron chi connectivity index (χ4n) is 4.53. The van der Waals surface area contributed by atoms with Crippen molar-refractivity contribution in [3.8, 4) is 0 Å². The summed E-state index contributed by atoms with van der Waals surface area (Å²) in [7, 11) is 0. The van der Waals surface area contributed by atoms with Crippen molar-refractivity contribution < 1.29 is 9.53 Å². The molecule has 2 saturated heterocycles. The Morgan fingerprint density at radius 2 is 1.62 bits per heavy atom. The topological polar surface area (TPSA) is 36.0 Å². The second-order valence-corrected chi connectivity index (χ2v) is 10.3. The van der Waals surface area contributed by atoms with Crippen LogP contribution < -0.4 is 4.90 Å². The fourth-order valence-corrected chi connectivity index (χ4v) is 4.66. The highest BCUT2D eigenvalue weighted by Crippen LogP contribution is 2.33. The number of nitrogens with zero attached hydrogens (tertiary/aromatic N) is 3. The van der Waals surface area contributed by atoms with Crippen LogP contribution in [0.3, 0.4) is 0 Å². The summed E-state index contributed by atoms with van der Waals surface area (Å²) in [6.45, 7) is 12.7. The average molecular weight is 456 g/mol. The number of piperazine rings is 1. The summed E-state index contributed by atoms with van der Waals surface area (Å²) in [5, 5.41) is 0.735. The van der Waals surface area contributed by atoms with E-state index in [0.717, 1.165) is 56.6 Å². The van der Waals surface area contributed by atoms with E-state index < -0.39 is 0 Å². The van der Waals surface area contributed by atoms with Gasteiger partial charge in [-0.05, 0) is 35.4 Å². The van der Waals surface area contributed by atoms with Gasteiger partial charge in [0.1, 0.15) is 0 Å². The second kappa shape index (κ2) is 9.82. The van der Waals surface area contributed by atoms with Gasteiger partial charge in [-0.2, -0.15) is 0 Å². The number of carbonyl (C=O) groups is 1. The Morgan fingerprint density at radius 3 is 2.25 bits per heavy atom. The van der Waals surface area contributed by atoms with E-state index in [2.05, 4.69) is 46.2 Å². The van der Waals surface area contributed by atoms with E-state index in [0.29, 0.717) is 6.54 Å². The van der Waals surface area contributed by atoms with Crippen LogP contribution in [0.4, 0.5) is 5.69 Å². The predicted octanol–water partition coefficient (Wildman–Crippen LogP) is 4.61. The Kier molecular flexibility index (Phi) is 7.08. The quantitative estimate of drug-likeness (QED) is 0.674. The molecule has 2 heterocycles. The van der Waals surface area contributed by atoms with Gasteiger partial charge in [0.2, 0.25) is 5.91 Å². The summed E-state index contributed by atoms with van der Waals surface area (Å²) < 4.78 is 5.46. The van der Waals surface area contributed by atoms with Crippen molar-refractivity contribution in [2.45, 2.75) is 33.4 Å². The molecule has 172 valence electrons. The van der Waals surface area contributed by atoms with Crippen molar-refractivity contribution >= 4 is 23.2 Å². The first kappa shape index (κ1) is 23.1. The average Bonchev–Trinajstić information content (AvgIpc) is 2.79. The van der Waals surface area contributed by atoms with Gasteiger partial charge in [-0.1, -0.05) is 56.6 Å². The first-order valence-corrected chi connectivity index (χ1v) is 11.9. The van der Waals surface area contributed by atoms with Gasteiger partial charge in [0, 0.05) is 55.4 Å². The largest absolute Gasteiger partial charge is 0.379 e. The summed E-state index contributed by atoms with van der Waals surface area (Å²) >= 11 is 6.13. The zero-order valence-electron chi connectivity index (χ0n) is 19.4. The van der Waals surface area contributed by atoms with E-state index in [9.17, 15) is 4.79 Å². The van der Waals surface area contributed by atoms with Crippen molar-refractivity contribution in [2.75, 3.05) is 50.8 Å². The number of benzene rings is 2. The lowest BCUT2D eigenvalue weighted by atomic mass is 9.92. The molecular formula is C26H34ClN3O2. The van der Waals surface area contributed by atoms with Crippen LogP contribution in [0.1, 0.15) is 37.9 Å². The first-order chi connectivity index (χ1) is 15.3. The van der Waals surface area contributed by atoms with Crippen LogP contribution in [-0.4, -0.2) is 61.6 Å². The molecule has 2 aromatic rings. The van der Waals surface area contributed by atoms with E-state index in [1.165, 1.54) is 11.1 Å². The van der Waals surface area contributed by atoms with Crippen LogP contribution >= 0.6 is 11.6 Å². The standard InChI is InChI=1S/C26H34ClN3O2/c1-26(2,3)25(31)29-12-13-30(23-10-8-22(27)9-11-23)24(19-29)21-6-4-20(5-7-21)18-28-14-16-32-17-15-28/h4-11,24H,12-19H2,1-3H3/t24-/m0/s1. The minimum Gasteiger partial charge on any atom is -0.379 e. The molecule has 6 heteroatoms. The molecule has 0 aromatic heterocycles. The Labute approximate surface area is 196 Å². The maximum atomic E-state index is 13.0. The number of rotatable bonds is 4. The summed E-state index contributed by atoms with van der Waals surface area (Å²) in [6.07, 6.45) is 0. The molecular weight excluding hydrogens is 422 g/mol. The van der Waals surface area contributed by atoms with Crippen molar-refractivity contribution in [3.63, 3.8) is 0 Å². The Balaban J connectivity index is 1.56. The van der Waals surface area contributed by atoms with Crippen LogP contribution in [0, 0.1) is 5.41 Å². The van der Waals surface area contributed by atoms with E-state index in [1.807, 2.05) is 37.8 Å². The summed E-state index contributed by atoms with van der Waals surface area (Å²) in [4.78, 5) is 19.9. The lowest BCUT2D eigenvalue weighted by Crippen LogP contribution is -2.53. The Bertz CT molecular complexity index is 902. The molecule has 4 rings (SSSR count). The van der Waals surface area contributed by atoms with E-state index in [4.69, 9.17) is 16.3 Å². The lowest BCUT2D eigenvalue weighted by molar-refractivity contribution is -0.140. The maximum absolute atomic E-state index is 13.0. The summed E-state index contributed by atoms with van der Waals surface area (Å²) in [5.41, 5.74) is 3.30. The molecule has 2 aliphatic heterocycles. The van der Waals surface area contributed by atoms with Crippen molar-refractivity contribution in [3.05, 3.63) is 64.7 Å². The molecule has 0 spiro atoms. The normalized spacial score (nSPS) is 20.4. The second-order valence-electron chi connectivity index (χ2n) is 9.82. The zero-order valence-corrected chi connectivity index (χ0v) is 20.1. The van der Waals surface area contributed by atoms with Crippen LogP contribution in [-0.2, 0) is 16.1 Å². The van der Waals surface area contributed by atoms with Gasteiger partial charge in [0.15, 0.2) is 0 Å². The van der Waals surface area contributed by atoms with Gasteiger partial charge in [0.05, 0.1) is 19.3 Å². The highest BCUT2D eigenvalue weighted by molar-refractivity contribution is 6.30. The molecule has 2 aromatic carbocycles. The number of hydrogen-bond donors (Lipinski definition) is 0. The number of morpholine rings is 1. The molecule has 1 amide bonds. The van der Waals surface area contributed by atoms with E-state index >= 15 is 0 Å². The van der Waals surface area contributed by atoms with Crippen molar-refractivity contribution in [1.82, 2.24) is 9.80 Å². The number of carbonyl (C=O) groups excluding carboxylic acids is 1. The van der Waals surface area contributed by atoms with Gasteiger partial charge in [0.25, 0.3) is 0 Å². The molecule has 1 atom stereocenters. The lowest BCUT2D eigenvalue weighted by Gasteiger charge is -2.44. The van der Waals surface area contributed by atoms with Crippen molar-refractivity contribution in [2.24, 2.45) is 5.41 Å². The van der Waals surface area contributed by atoms with Gasteiger partial charge < -0.3 is 14.5 Å². The Hall–Kier alpha value is -2.08. The third-order valence-electron chi connectivity index (χ3n) is 6.34. The van der Waals surface area contributed by atoms with Crippen LogP contribution in [0.25, 0.3) is 0 Å². The van der Waals surface area contributed by atoms with Gasteiger partial charge in [-0.25, -0.2) is 0 Å². The highest BCUT2D eigenvalue weighted by atomic mass is 35.5. The number of amides is 1. The van der Waals surface area contributed by atoms with Gasteiger partial charge in [-0.15, -0.1) is 0 Å². The highest BCUT2D eigenvalue weighted by Gasteiger charge is 2.35. The number of ether oxygens (including phenoxy) is 1. The predicted molar refractivity (Wildman–Crippen MR) is 130 cm³/mol. The molecule has 2 aliphatic rings. The summed E-state index contributed by atoms with van der Waals surface area (Å²) in [5.74, 6) is 0.210. The monoisotopic (exact) mass is 455 g/mol. The zero-order chi connectivity index (χ0) is 22.7. The number of hydrogen-bond acceptors (Lipinski definition) is 4. The van der Waals surface area contributed by atoms with Gasteiger partial charge in [-0.3, -0.25) is 9.69 Å². The van der Waals surface area contributed by atoms with Crippen LogP contribution in [0.5, 0.6) is 0 Å². The fraction of sp³-hybridized carbons (Fsp3) is 0.500. The molecule has 0 unspecified atom stereocenters. The third-order valence-corrected chi connectivity index (χ3v) is 6.59. The molecule has 0 aliphatic carbocycles. The maximum Gasteiger partial charge on any atom is 0.228 e. The van der Waals surface area contributed by atoms with Gasteiger partial charge >= 0.3 is 0 Å². The molecule has 0 saturated carbocycles. The van der Waals surface area contributed by atoms with Crippen LogP contribution in [0.2, 0.25) is 5.02 Å². The number of halogens is 1. The minimum atomic E-state index is -0.380. The minimum absolute atomic E-state index is 0.105. The molecule has 32 heavy (non-hydrogen) atoms. The number of anilines is 1. The molecule has 0 bridgehead atoms. The molecule has 0 N–H and O–H groups in total. The molecule has 2 fully saturated rings.